The van der Waals surface area contributed by atoms with E-state index in [9.17, 15) is 5.11 Å². The van der Waals surface area contributed by atoms with Gasteiger partial charge in [-0.2, -0.15) is 0 Å². The molecule has 0 spiro atoms. The normalized spacial score (nSPS) is 14.2. The van der Waals surface area contributed by atoms with Crippen LogP contribution in [-0.2, 0) is 21.7 Å². The molecule has 0 aliphatic heterocycles. The molecule has 56 heavy (non-hydrogen) atoms. The molecule has 1 aliphatic rings. The Morgan fingerprint density at radius 2 is 0.768 bits per heavy atom. The van der Waals surface area contributed by atoms with Gasteiger partial charge in [0.15, 0.2) is 0 Å². The third kappa shape index (κ3) is 5.57. The molecule has 0 unspecified atom stereocenters. The molecular formula is C55H54O. The fraction of sp³-hybridized carbons (Fsp3) is 0.273. The van der Waals surface area contributed by atoms with Gasteiger partial charge in [0.25, 0.3) is 0 Å². The van der Waals surface area contributed by atoms with Gasteiger partial charge in [0.05, 0.1) is 0 Å². The first-order valence-corrected chi connectivity index (χ1v) is 20.3. The van der Waals surface area contributed by atoms with Crippen molar-refractivity contribution in [3.8, 4) is 50.3 Å². The molecule has 0 bridgehead atoms. The van der Waals surface area contributed by atoms with Gasteiger partial charge in [-0.05, 0) is 151 Å². The third-order valence-electron chi connectivity index (χ3n) is 12.8. The second kappa shape index (κ2) is 12.1. The van der Waals surface area contributed by atoms with Crippen LogP contribution >= 0.6 is 0 Å². The van der Waals surface area contributed by atoms with Gasteiger partial charge < -0.3 is 5.11 Å². The van der Waals surface area contributed by atoms with Crippen LogP contribution in [0.3, 0.4) is 0 Å². The molecule has 1 aliphatic carbocycles. The summed E-state index contributed by atoms with van der Waals surface area (Å²) in [6.07, 6.45) is 0. The molecular weight excluding hydrogens is 677 g/mol. The molecule has 8 aromatic carbocycles. The Kier molecular flexibility index (Phi) is 7.80. The van der Waals surface area contributed by atoms with E-state index in [0.29, 0.717) is 5.75 Å². The summed E-state index contributed by atoms with van der Waals surface area (Å²) < 4.78 is 0. The zero-order valence-corrected chi connectivity index (χ0v) is 35.0. The number of phenols is 1. The Morgan fingerprint density at radius 3 is 1.21 bits per heavy atom. The van der Waals surface area contributed by atoms with Gasteiger partial charge in [-0.25, -0.2) is 0 Å². The average Bonchev–Trinajstić information content (AvgIpc) is 3.15. The Balaban J connectivity index is 1.46. The van der Waals surface area contributed by atoms with Gasteiger partial charge in [0, 0.05) is 5.41 Å². The Morgan fingerprint density at radius 1 is 0.357 bits per heavy atom. The number of hydrogen-bond donors (Lipinski definition) is 1. The lowest BCUT2D eigenvalue weighted by molar-refractivity contribution is 0.472. The molecule has 0 saturated carbocycles. The molecule has 0 saturated heterocycles. The number of aromatic hydroxyl groups is 1. The van der Waals surface area contributed by atoms with Crippen molar-refractivity contribution in [2.45, 2.75) is 97.8 Å². The summed E-state index contributed by atoms with van der Waals surface area (Å²) in [5.74, 6) is 0.306. The average molecular weight is 731 g/mol. The van der Waals surface area contributed by atoms with Gasteiger partial charge in [-0.3, -0.25) is 0 Å². The van der Waals surface area contributed by atoms with E-state index in [1.165, 1.54) is 99.1 Å². The SMILES string of the molecule is CC(C)(C)c1ccc(-c2cc(-c3ccc(C(C)(C)C)cc3)c3cc4c5c(cc(-c6ccc(C(C)(C)C)cc6)c6ccc2c3c65)-c2ccc(O)cc2C4(C)C)cc1. The molecule has 1 heteroatoms. The number of fused-ring (bicyclic) bond motifs is 2. The molecule has 0 aromatic heterocycles. The molecule has 8 aromatic rings. The monoisotopic (exact) mass is 730 g/mol. The summed E-state index contributed by atoms with van der Waals surface area (Å²) >= 11 is 0. The van der Waals surface area contributed by atoms with Crippen LogP contribution in [0.5, 0.6) is 5.75 Å². The molecule has 280 valence electrons. The summed E-state index contributed by atoms with van der Waals surface area (Å²) in [5.41, 5.74) is 16.2. The van der Waals surface area contributed by atoms with Gasteiger partial charge in [0.2, 0.25) is 0 Å². The number of hydrogen-bond acceptors (Lipinski definition) is 1. The van der Waals surface area contributed by atoms with Gasteiger partial charge in [-0.15, -0.1) is 0 Å². The quantitative estimate of drug-likeness (QED) is 0.180. The summed E-state index contributed by atoms with van der Waals surface area (Å²) in [5, 5.41) is 18.7. The molecule has 1 nitrogen and oxygen atoms in total. The van der Waals surface area contributed by atoms with E-state index in [-0.39, 0.29) is 21.7 Å². The van der Waals surface area contributed by atoms with E-state index in [1.807, 2.05) is 12.1 Å². The Labute approximate surface area is 333 Å². The molecule has 0 radical (unpaired) electrons. The second-order valence-electron chi connectivity index (χ2n) is 20.0. The first-order valence-electron chi connectivity index (χ1n) is 20.3. The van der Waals surface area contributed by atoms with Crippen molar-refractivity contribution in [2.24, 2.45) is 0 Å². The largest absolute Gasteiger partial charge is 0.508 e. The number of rotatable bonds is 3. The van der Waals surface area contributed by atoms with Crippen LogP contribution in [-0.4, -0.2) is 5.11 Å². The number of benzene rings is 8. The van der Waals surface area contributed by atoms with E-state index in [2.05, 4.69) is 185 Å². The zero-order chi connectivity index (χ0) is 39.7. The standard InChI is InChI=1S/C55H54O/c1-52(2,3)35-18-12-32(13-19-35)42-29-44(34-16-22-37(23-17-34)54(7,8)9)46-31-48-50-45(39-25-24-38(56)28-47(39)55(48,10)11)30-43(41-27-26-40(42)49(46)51(41)50)33-14-20-36(21-15-33)53(4,5)6/h12-31,56H,1-11H3. The maximum Gasteiger partial charge on any atom is 0.115 e. The van der Waals surface area contributed by atoms with E-state index < -0.39 is 0 Å². The highest BCUT2D eigenvalue weighted by Crippen LogP contribution is 2.56. The lowest BCUT2D eigenvalue weighted by Gasteiger charge is -2.37. The van der Waals surface area contributed by atoms with Crippen LogP contribution in [0.15, 0.2) is 121 Å². The van der Waals surface area contributed by atoms with Crippen LogP contribution in [0.1, 0.15) is 104 Å². The van der Waals surface area contributed by atoms with Crippen molar-refractivity contribution >= 4 is 32.3 Å². The predicted molar refractivity (Wildman–Crippen MR) is 242 cm³/mol. The van der Waals surface area contributed by atoms with E-state index in [1.54, 1.807) is 0 Å². The minimum atomic E-state index is -0.349. The molecule has 1 N–H and O–H groups in total. The molecule has 0 heterocycles. The molecule has 0 fully saturated rings. The Bertz CT molecular complexity index is 2830. The first-order chi connectivity index (χ1) is 26.3. The lowest BCUT2D eigenvalue weighted by atomic mass is 9.66. The summed E-state index contributed by atoms with van der Waals surface area (Å²) in [6.45, 7) is 25.2. The van der Waals surface area contributed by atoms with Gasteiger partial charge in [0.1, 0.15) is 5.75 Å². The first kappa shape index (κ1) is 36.3. The minimum absolute atomic E-state index is 0.0617. The van der Waals surface area contributed by atoms with Crippen LogP contribution < -0.4 is 0 Å². The lowest BCUT2D eigenvalue weighted by Crippen LogP contribution is -2.24. The Hall–Kier alpha value is -5.40. The van der Waals surface area contributed by atoms with E-state index in [4.69, 9.17) is 0 Å². The number of phenolic OH excluding ortho intramolecular Hbond substituents is 1. The maximum absolute atomic E-state index is 10.9. The van der Waals surface area contributed by atoms with Gasteiger partial charge >= 0.3 is 0 Å². The fourth-order valence-corrected chi connectivity index (χ4v) is 9.40. The summed E-state index contributed by atoms with van der Waals surface area (Å²) in [6, 6.07) is 46.0. The highest BCUT2D eigenvalue weighted by molar-refractivity contribution is 6.33. The van der Waals surface area contributed by atoms with Crippen molar-refractivity contribution in [1.82, 2.24) is 0 Å². The highest BCUT2D eigenvalue weighted by atomic mass is 16.3. The summed E-state index contributed by atoms with van der Waals surface area (Å²) in [4.78, 5) is 0. The van der Waals surface area contributed by atoms with E-state index in [0.717, 1.165) is 5.56 Å². The molecule has 0 amide bonds. The maximum atomic E-state index is 10.9. The third-order valence-corrected chi connectivity index (χ3v) is 12.8. The van der Waals surface area contributed by atoms with Crippen LogP contribution in [0, 0.1) is 0 Å². The summed E-state index contributed by atoms with van der Waals surface area (Å²) in [7, 11) is 0. The van der Waals surface area contributed by atoms with Gasteiger partial charge in [-0.1, -0.05) is 167 Å². The van der Waals surface area contributed by atoms with Crippen molar-refractivity contribution in [3.63, 3.8) is 0 Å². The van der Waals surface area contributed by atoms with Crippen LogP contribution in [0.4, 0.5) is 0 Å². The zero-order valence-electron chi connectivity index (χ0n) is 35.0. The van der Waals surface area contributed by atoms with Crippen molar-refractivity contribution < 1.29 is 5.11 Å². The fourth-order valence-electron chi connectivity index (χ4n) is 9.40. The highest BCUT2D eigenvalue weighted by Gasteiger charge is 2.36. The topological polar surface area (TPSA) is 20.2 Å². The molecule has 0 atom stereocenters. The van der Waals surface area contributed by atoms with Crippen LogP contribution in [0.25, 0.3) is 76.8 Å². The van der Waals surface area contributed by atoms with Crippen molar-refractivity contribution in [1.29, 1.82) is 0 Å². The second-order valence-corrected chi connectivity index (χ2v) is 20.0. The van der Waals surface area contributed by atoms with E-state index >= 15 is 0 Å². The van der Waals surface area contributed by atoms with Crippen molar-refractivity contribution in [2.75, 3.05) is 0 Å². The molecule has 9 rings (SSSR count). The smallest absolute Gasteiger partial charge is 0.115 e. The van der Waals surface area contributed by atoms with Crippen molar-refractivity contribution in [3.05, 3.63) is 149 Å². The van der Waals surface area contributed by atoms with Crippen LogP contribution in [0.2, 0.25) is 0 Å². The predicted octanol–water partition coefficient (Wildman–Crippen LogP) is 15.5. The minimum Gasteiger partial charge on any atom is -0.508 e.